The lowest BCUT2D eigenvalue weighted by atomic mass is 10.0. The van der Waals surface area contributed by atoms with Crippen molar-refractivity contribution in [2.24, 2.45) is 5.92 Å². The summed E-state index contributed by atoms with van der Waals surface area (Å²) in [5.41, 5.74) is 0.536. The van der Waals surface area contributed by atoms with Crippen molar-refractivity contribution in [1.82, 2.24) is 15.7 Å². The lowest BCUT2D eigenvalue weighted by Crippen LogP contribution is -2.42. The summed E-state index contributed by atoms with van der Waals surface area (Å²) in [5.74, 6) is -1.63. The van der Waals surface area contributed by atoms with Crippen molar-refractivity contribution in [1.29, 1.82) is 0 Å². The Labute approximate surface area is 185 Å². The van der Waals surface area contributed by atoms with E-state index >= 15 is 0 Å². The number of halogens is 1. The van der Waals surface area contributed by atoms with Gasteiger partial charge in [0.05, 0.1) is 26.2 Å². The molecule has 0 spiro atoms. The molecule has 0 aliphatic rings. The average Bonchev–Trinajstić information content (AvgIpc) is 3.29. The smallest absolute Gasteiger partial charge is 0.288 e. The molecule has 3 N–H and O–H groups in total. The van der Waals surface area contributed by atoms with Gasteiger partial charge in [-0.2, -0.15) is 0 Å². The fraction of sp³-hybridized carbons (Fsp3) is 0.409. The predicted octanol–water partition coefficient (Wildman–Crippen LogP) is 2.94. The van der Waals surface area contributed by atoms with E-state index in [1.165, 1.54) is 31.4 Å². The molecule has 2 rings (SSSR count). The van der Waals surface area contributed by atoms with Crippen LogP contribution in [0.15, 0.2) is 34.7 Å². The molecule has 32 heavy (non-hydrogen) atoms. The SMILES string of the molecule is CCCCCC(CN(O)C=O)C(=O)NCNC(=O)c1ccc(-c2ccc(F)c(OC)c2)o1. The van der Waals surface area contributed by atoms with Crippen molar-refractivity contribution in [3.8, 4) is 17.1 Å². The third-order valence-corrected chi connectivity index (χ3v) is 4.83. The molecule has 0 fully saturated rings. The van der Waals surface area contributed by atoms with Crippen LogP contribution in [0.2, 0.25) is 0 Å². The second kappa shape index (κ2) is 12.5. The van der Waals surface area contributed by atoms with Crippen LogP contribution in [-0.2, 0) is 9.59 Å². The Bertz CT molecular complexity index is 917. The van der Waals surface area contributed by atoms with Crippen LogP contribution in [-0.4, -0.2) is 48.8 Å². The lowest BCUT2D eigenvalue weighted by molar-refractivity contribution is -0.154. The molecule has 2 aromatic rings. The number of furan rings is 1. The fourth-order valence-electron chi connectivity index (χ4n) is 3.09. The van der Waals surface area contributed by atoms with Crippen LogP contribution < -0.4 is 15.4 Å². The summed E-state index contributed by atoms with van der Waals surface area (Å²) >= 11 is 0. The Morgan fingerprint density at radius 2 is 2.03 bits per heavy atom. The Kier molecular flexibility index (Phi) is 9.68. The van der Waals surface area contributed by atoms with Crippen molar-refractivity contribution in [3.63, 3.8) is 0 Å². The predicted molar refractivity (Wildman–Crippen MR) is 113 cm³/mol. The summed E-state index contributed by atoms with van der Waals surface area (Å²) in [5, 5.41) is 14.9. The number of unbranched alkanes of at least 4 members (excludes halogenated alkanes) is 2. The zero-order valence-electron chi connectivity index (χ0n) is 18.1. The summed E-state index contributed by atoms with van der Waals surface area (Å²) < 4.78 is 24.0. The number of amides is 3. The molecule has 9 nitrogen and oxygen atoms in total. The number of methoxy groups -OCH3 is 1. The van der Waals surface area contributed by atoms with Crippen LogP contribution in [0.25, 0.3) is 11.3 Å². The molecule has 1 atom stereocenters. The molecule has 1 aromatic heterocycles. The molecular formula is C22H28FN3O6. The number of hydrogen-bond donors (Lipinski definition) is 3. The third kappa shape index (κ3) is 7.09. The van der Waals surface area contributed by atoms with Gasteiger partial charge in [-0.1, -0.05) is 26.2 Å². The number of rotatable bonds is 13. The molecule has 0 radical (unpaired) electrons. The summed E-state index contributed by atoms with van der Waals surface area (Å²) in [6.07, 6.45) is 3.41. The maximum Gasteiger partial charge on any atom is 0.288 e. The summed E-state index contributed by atoms with van der Waals surface area (Å²) in [7, 11) is 1.35. The van der Waals surface area contributed by atoms with E-state index in [9.17, 15) is 24.0 Å². The number of benzene rings is 1. The average molecular weight is 449 g/mol. The van der Waals surface area contributed by atoms with Gasteiger partial charge in [-0.15, -0.1) is 0 Å². The first-order valence-corrected chi connectivity index (χ1v) is 10.3. The normalized spacial score (nSPS) is 11.5. The molecular weight excluding hydrogens is 421 g/mol. The number of nitrogens with one attached hydrogen (secondary N) is 2. The van der Waals surface area contributed by atoms with Gasteiger partial charge in [0, 0.05) is 5.56 Å². The molecule has 174 valence electrons. The maximum atomic E-state index is 13.6. The van der Waals surface area contributed by atoms with E-state index in [0.717, 1.165) is 19.3 Å². The zero-order chi connectivity index (χ0) is 23.5. The highest BCUT2D eigenvalue weighted by molar-refractivity contribution is 5.92. The minimum absolute atomic E-state index is 0.0134. The van der Waals surface area contributed by atoms with Gasteiger partial charge in [-0.05, 0) is 36.8 Å². The van der Waals surface area contributed by atoms with Crippen LogP contribution in [0.5, 0.6) is 5.75 Å². The van der Waals surface area contributed by atoms with E-state index in [1.807, 2.05) is 6.92 Å². The van der Waals surface area contributed by atoms with Gasteiger partial charge in [0.25, 0.3) is 5.91 Å². The van der Waals surface area contributed by atoms with E-state index in [4.69, 9.17) is 9.15 Å². The number of hydroxylamine groups is 2. The lowest BCUT2D eigenvalue weighted by Gasteiger charge is -2.19. The molecule has 3 amide bonds. The summed E-state index contributed by atoms with van der Waals surface area (Å²) in [6.45, 7) is 1.74. The Morgan fingerprint density at radius 1 is 1.25 bits per heavy atom. The van der Waals surface area contributed by atoms with Gasteiger partial charge in [0.15, 0.2) is 17.3 Å². The van der Waals surface area contributed by atoms with Crippen LogP contribution in [0.4, 0.5) is 4.39 Å². The van der Waals surface area contributed by atoms with Crippen LogP contribution in [0.3, 0.4) is 0 Å². The van der Waals surface area contributed by atoms with E-state index in [2.05, 4.69) is 10.6 Å². The first-order valence-electron chi connectivity index (χ1n) is 10.3. The summed E-state index contributed by atoms with van der Waals surface area (Å²) in [6, 6.07) is 7.23. The van der Waals surface area contributed by atoms with Crippen molar-refractivity contribution >= 4 is 18.2 Å². The number of carbonyl (C=O) groups is 3. The molecule has 1 heterocycles. The molecule has 1 unspecified atom stereocenters. The molecule has 1 aromatic carbocycles. The largest absolute Gasteiger partial charge is 0.494 e. The number of hydrogen-bond acceptors (Lipinski definition) is 6. The Balaban J connectivity index is 1.91. The van der Waals surface area contributed by atoms with Gasteiger partial charge in [0.1, 0.15) is 5.76 Å². The zero-order valence-corrected chi connectivity index (χ0v) is 18.1. The van der Waals surface area contributed by atoms with Crippen molar-refractivity contribution in [3.05, 3.63) is 41.9 Å². The monoisotopic (exact) mass is 449 g/mol. The highest BCUT2D eigenvalue weighted by atomic mass is 19.1. The standard InChI is InChI=1S/C22H28FN3O6/c1-3-4-5-6-16(12-26(30)14-27)21(28)24-13-25-22(29)19-10-9-18(32-19)15-7-8-17(23)20(11-15)31-2/h7-11,14,16,30H,3-6,12-13H2,1-2H3,(H,24,28)(H,25,29). The first-order chi connectivity index (χ1) is 15.4. The number of carbonyl (C=O) groups excluding carboxylic acids is 3. The van der Waals surface area contributed by atoms with Gasteiger partial charge < -0.3 is 19.8 Å². The van der Waals surface area contributed by atoms with E-state index in [-0.39, 0.29) is 37.0 Å². The fourth-order valence-corrected chi connectivity index (χ4v) is 3.09. The van der Waals surface area contributed by atoms with E-state index < -0.39 is 17.6 Å². The van der Waals surface area contributed by atoms with Gasteiger partial charge in [-0.25, -0.2) is 9.45 Å². The molecule has 0 aliphatic heterocycles. The number of ether oxygens (including phenoxy) is 1. The highest BCUT2D eigenvalue weighted by Gasteiger charge is 2.21. The number of nitrogens with zero attached hydrogens (tertiary/aromatic N) is 1. The molecule has 0 saturated heterocycles. The van der Waals surface area contributed by atoms with Crippen LogP contribution in [0.1, 0.15) is 43.2 Å². The Hall–Kier alpha value is -3.40. The second-order valence-electron chi connectivity index (χ2n) is 7.16. The quantitative estimate of drug-likeness (QED) is 0.142. The van der Waals surface area contributed by atoms with Crippen molar-refractivity contribution in [2.45, 2.75) is 32.6 Å². The maximum absolute atomic E-state index is 13.6. The van der Waals surface area contributed by atoms with Gasteiger partial charge >= 0.3 is 0 Å². The van der Waals surface area contributed by atoms with Gasteiger partial charge in [-0.3, -0.25) is 19.6 Å². The topological polar surface area (TPSA) is 121 Å². The van der Waals surface area contributed by atoms with E-state index in [0.29, 0.717) is 22.8 Å². The Morgan fingerprint density at radius 3 is 2.72 bits per heavy atom. The summed E-state index contributed by atoms with van der Waals surface area (Å²) in [4.78, 5) is 35.4. The third-order valence-electron chi connectivity index (χ3n) is 4.83. The molecule has 10 heteroatoms. The van der Waals surface area contributed by atoms with Gasteiger partial charge in [0.2, 0.25) is 12.3 Å². The highest BCUT2D eigenvalue weighted by Crippen LogP contribution is 2.27. The van der Waals surface area contributed by atoms with Crippen LogP contribution in [0, 0.1) is 11.7 Å². The van der Waals surface area contributed by atoms with Crippen molar-refractivity contribution in [2.75, 3.05) is 20.3 Å². The molecule has 0 aliphatic carbocycles. The first kappa shape index (κ1) is 24.9. The molecule has 0 bridgehead atoms. The molecule has 0 saturated carbocycles. The minimum atomic E-state index is -0.600. The van der Waals surface area contributed by atoms with Crippen LogP contribution >= 0.6 is 0 Å². The van der Waals surface area contributed by atoms with E-state index in [1.54, 1.807) is 6.07 Å². The second-order valence-corrected chi connectivity index (χ2v) is 7.16. The van der Waals surface area contributed by atoms with Crippen molar-refractivity contribution < 1.29 is 33.1 Å². The minimum Gasteiger partial charge on any atom is -0.494 e.